The Morgan fingerprint density at radius 3 is 2.80 bits per heavy atom. The zero-order chi connectivity index (χ0) is 14.5. The van der Waals surface area contributed by atoms with E-state index >= 15 is 0 Å². The molecular weight excluding hydrogens is 318 g/mol. The van der Waals surface area contributed by atoms with Gasteiger partial charge in [-0.1, -0.05) is 6.07 Å². The fraction of sp³-hybridized carbons (Fsp3) is 0.400. The Labute approximate surface area is 128 Å². The van der Waals surface area contributed by atoms with Gasteiger partial charge >= 0.3 is 0 Å². The zero-order valence-corrected chi connectivity index (χ0v) is 13.6. The van der Waals surface area contributed by atoms with E-state index in [0.29, 0.717) is 6.04 Å². The Balaban J connectivity index is 1.97. The first-order valence-electron chi connectivity index (χ1n) is 6.67. The molecule has 2 unspecified atom stereocenters. The Morgan fingerprint density at radius 1 is 1.40 bits per heavy atom. The molecule has 0 aliphatic carbocycles. The van der Waals surface area contributed by atoms with Crippen LogP contribution in [0.2, 0.25) is 0 Å². The Morgan fingerprint density at radius 2 is 2.20 bits per heavy atom. The van der Waals surface area contributed by atoms with Gasteiger partial charge in [-0.15, -0.1) is 0 Å². The fourth-order valence-electron chi connectivity index (χ4n) is 2.22. The van der Waals surface area contributed by atoms with Gasteiger partial charge in [0.15, 0.2) is 0 Å². The van der Waals surface area contributed by atoms with E-state index < -0.39 is 0 Å². The van der Waals surface area contributed by atoms with Crippen LogP contribution in [0.3, 0.4) is 0 Å². The van der Waals surface area contributed by atoms with Crippen LogP contribution in [0.15, 0.2) is 41.1 Å². The van der Waals surface area contributed by atoms with E-state index in [1.54, 1.807) is 13.3 Å². The van der Waals surface area contributed by atoms with Gasteiger partial charge in [-0.3, -0.25) is 4.68 Å². The van der Waals surface area contributed by atoms with Crippen LogP contribution in [-0.4, -0.2) is 22.9 Å². The van der Waals surface area contributed by atoms with Crippen LogP contribution >= 0.6 is 15.9 Å². The van der Waals surface area contributed by atoms with Gasteiger partial charge in [0.25, 0.3) is 0 Å². The van der Waals surface area contributed by atoms with Crippen LogP contribution in [0.1, 0.15) is 25.5 Å². The van der Waals surface area contributed by atoms with Gasteiger partial charge in [-0.2, -0.15) is 5.10 Å². The predicted octanol–water partition coefficient (Wildman–Crippen LogP) is 3.39. The molecule has 0 radical (unpaired) electrons. The molecule has 1 heterocycles. The minimum absolute atomic E-state index is 0.266. The number of rotatable bonds is 6. The second kappa shape index (κ2) is 6.90. The van der Waals surface area contributed by atoms with E-state index in [2.05, 4.69) is 52.3 Å². The molecule has 0 fully saturated rings. The number of ether oxygens (including phenoxy) is 1. The highest BCUT2D eigenvalue weighted by atomic mass is 79.9. The van der Waals surface area contributed by atoms with Crippen LogP contribution in [0.5, 0.6) is 5.75 Å². The van der Waals surface area contributed by atoms with Crippen LogP contribution in [-0.2, 0) is 6.54 Å². The third kappa shape index (κ3) is 3.84. The van der Waals surface area contributed by atoms with Gasteiger partial charge in [-0.05, 0) is 53.5 Å². The minimum atomic E-state index is 0.266. The number of nitrogens with zero attached hydrogens (tertiary/aromatic N) is 2. The van der Waals surface area contributed by atoms with Gasteiger partial charge in [0.2, 0.25) is 0 Å². The molecule has 108 valence electrons. The topological polar surface area (TPSA) is 39.1 Å². The van der Waals surface area contributed by atoms with Crippen molar-refractivity contribution in [3.8, 4) is 5.75 Å². The number of hydrogen-bond donors (Lipinski definition) is 1. The molecule has 0 saturated carbocycles. The van der Waals surface area contributed by atoms with Crippen LogP contribution in [0.25, 0.3) is 0 Å². The van der Waals surface area contributed by atoms with Gasteiger partial charge < -0.3 is 10.1 Å². The Kier molecular flexibility index (Phi) is 5.20. The quantitative estimate of drug-likeness (QED) is 0.878. The molecular formula is C15H20BrN3O. The number of halogens is 1. The fourth-order valence-corrected chi connectivity index (χ4v) is 2.78. The number of hydrogen-bond acceptors (Lipinski definition) is 3. The molecule has 0 amide bonds. The molecule has 2 aromatic rings. The van der Waals surface area contributed by atoms with Gasteiger partial charge in [0.1, 0.15) is 5.75 Å². The number of nitrogens with one attached hydrogen (secondary N) is 1. The number of methoxy groups -OCH3 is 1. The predicted molar refractivity (Wildman–Crippen MR) is 83.9 cm³/mol. The van der Waals surface area contributed by atoms with Crippen LogP contribution in [0, 0.1) is 0 Å². The second-order valence-electron chi connectivity index (χ2n) is 4.91. The maximum Gasteiger partial charge on any atom is 0.133 e. The highest BCUT2D eigenvalue weighted by Crippen LogP contribution is 2.28. The molecule has 0 aliphatic heterocycles. The van der Waals surface area contributed by atoms with E-state index in [-0.39, 0.29) is 6.04 Å². The lowest BCUT2D eigenvalue weighted by atomic mass is 10.1. The molecule has 2 rings (SSSR count). The van der Waals surface area contributed by atoms with Crippen LogP contribution < -0.4 is 10.1 Å². The molecule has 0 aliphatic rings. The van der Waals surface area contributed by atoms with Crippen molar-refractivity contribution >= 4 is 15.9 Å². The zero-order valence-electron chi connectivity index (χ0n) is 12.0. The molecule has 5 heteroatoms. The van der Waals surface area contributed by atoms with E-state index in [0.717, 1.165) is 16.8 Å². The van der Waals surface area contributed by atoms with Crippen LogP contribution in [0.4, 0.5) is 0 Å². The smallest absolute Gasteiger partial charge is 0.133 e. The van der Waals surface area contributed by atoms with Crippen molar-refractivity contribution in [1.29, 1.82) is 0 Å². The first-order chi connectivity index (χ1) is 9.60. The van der Waals surface area contributed by atoms with Gasteiger partial charge in [-0.25, -0.2) is 0 Å². The minimum Gasteiger partial charge on any atom is -0.496 e. The summed E-state index contributed by atoms with van der Waals surface area (Å²) in [5, 5.41) is 7.80. The van der Waals surface area contributed by atoms with E-state index in [4.69, 9.17) is 4.74 Å². The second-order valence-corrected chi connectivity index (χ2v) is 5.77. The summed E-state index contributed by atoms with van der Waals surface area (Å²) in [6.45, 7) is 5.18. The largest absolute Gasteiger partial charge is 0.496 e. The molecule has 0 spiro atoms. The molecule has 0 bridgehead atoms. The first kappa shape index (κ1) is 15.1. The standard InChI is InChI=1S/C15H20BrN3O/c1-11(10-19-8-4-7-17-19)18-12(2)13-5-6-15(20-3)14(16)9-13/h4-9,11-12,18H,10H2,1-3H3. The van der Waals surface area contributed by atoms with Crippen molar-refractivity contribution in [2.24, 2.45) is 0 Å². The lowest BCUT2D eigenvalue weighted by molar-refractivity contribution is 0.406. The third-order valence-corrected chi connectivity index (χ3v) is 3.85. The molecule has 0 saturated heterocycles. The van der Waals surface area contributed by atoms with Crippen molar-refractivity contribution in [2.45, 2.75) is 32.5 Å². The lowest BCUT2D eigenvalue weighted by Gasteiger charge is -2.21. The monoisotopic (exact) mass is 337 g/mol. The lowest BCUT2D eigenvalue weighted by Crippen LogP contribution is -2.32. The normalized spacial score (nSPS) is 14.0. The average Bonchev–Trinajstić information content (AvgIpc) is 2.91. The molecule has 2 atom stereocenters. The molecule has 1 aromatic heterocycles. The van der Waals surface area contributed by atoms with Crippen molar-refractivity contribution in [1.82, 2.24) is 15.1 Å². The highest BCUT2D eigenvalue weighted by molar-refractivity contribution is 9.10. The summed E-state index contributed by atoms with van der Waals surface area (Å²) >= 11 is 3.52. The molecule has 1 N–H and O–H groups in total. The SMILES string of the molecule is COc1ccc(C(C)NC(C)Cn2cccn2)cc1Br. The summed E-state index contributed by atoms with van der Waals surface area (Å²) in [6, 6.07) is 8.71. The summed E-state index contributed by atoms with van der Waals surface area (Å²) in [7, 11) is 1.67. The van der Waals surface area contributed by atoms with E-state index in [9.17, 15) is 0 Å². The van der Waals surface area contributed by atoms with Crippen molar-refractivity contribution in [3.05, 3.63) is 46.7 Å². The maximum atomic E-state index is 5.25. The summed E-state index contributed by atoms with van der Waals surface area (Å²) in [6.07, 6.45) is 3.78. The average molecular weight is 338 g/mol. The molecule has 20 heavy (non-hydrogen) atoms. The maximum absolute atomic E-state index is 5.25. The van der Waals surface area contributed by atoms with E-state index in [1.165, 1.54) is 5.56 Å². The molecule has 1 aromatic carbocycles. The van der Waals surface area contributed by atoms with E-state index in [1.807, 2.05) is 23.0 Å². The third-order valence-electron chi connectivity index (χ3n) is 3.23. The van der Waals surface area contributed by atoms with Crippen molar-refractivity contribution in [2.75, 3.05) is 7.11 Å². The summed E-state index contributed by atoms with van der Waals surface area (Å²) in [5.41, 5.74) is 1.23. The number of benzene rings is 1. The summed E-state index contributed by atoms with van der Waals surface area (Å²) < 4.78 is 8.17. The Hall–Kier alpha value is -1.33. The van der Waals surface area contributed by atoms with Gasteiger partial charge in [0, 0.05) is 24.5 Å². The molecule has 4 nitrogen and oxygen atoms in total. The first-order valence-corrected chi connectivity index (χ1v) is 7.46. The number of aromatic nitrogens is 2. The van der Waals surface area contributed by atoms with Gasteiger partial charge in [0.05, 0.1) is 18.1 Å². The van der Waals surface area contributed by atoms with Crippen molar-refractivity contribution < 1.29 is 4.74 Å². The highest BCUT2D eigenvalue weighted by Gasteiger charge is 2.11. The Bertz CT molecular complexity index is 542. The van der Waals surface area contributed by atoms with Crippen molar-refractivity contribution in [3.63, 3.8) is 0 Å². The summed E-state index contributed by atoms with van der Waals surface area (Å²) in [4.78, 5) is 0. The summed E-state index contributed by atoms with van der Waals surface area (Å²) in [5.74, 6) is 0.852.